The molecule has 0 aromatic carbocycles. The van der Waals surface area contributed by atoms with Crippen LogP contribution in [0.25, 0.3) is 0 Å². The Balaban J connectivity index is 2.06. The summed E-state index contributed by atoms with van der Waals surface area (Å²) in [6, 6.07) is -0.222. The zero-order valence-corrected chi connectivity index (χ0v) is 9.65. The van der Waals surface area contributed by atoms with Gasteiger partial charge in [-0.25, -0.2) is 4.79 Å². The number of piperidine rings is 1. The highest BCUT2D eigenvalue weighted by atomic mass is 19.4. The first-order valence-electron chi connectivity index (χ1n) is 5.46. The summed E-state index contributed by atoms with van der Waals surface area (Å²) >= 11 is 0. The number of alkyl halides is 3. The smallest absolute Gasteiger partial charge is 0.436 e. The number of aromatic nitrogens is 1. The van der Waals surface area contributed by atoms with Gasteiger partial charge in [-0.3, -0.25) is 0 Å². The Kier molecular flexibility index (Phi) is 3.17. The van der Waals surface area contributed by atoms with Crippen molar-refractivity contribution in [3.8, 4) is 0 Å². The van der Waals surface area contributed by atoms with Crippen LogP contribution in [0.5, 0.6) is 0 Å². The van der Waals surface area contributed by atoms with Crippen LogP contribution in [0.15, 0.2) is 10.7 Å². The molecule has 0 spiro atoms. The van der Waals surface area contributed by atoms with Gasteiger partial charge in [0.2, 0.25) is 0 Å². The Bertz CT molecular complexity index is 477. The highest BCUT2D eigenvalue weighted by molar-refractivity contribution is 5.77. The van der Waals surface area contributed by atoms with E-state index in [-0.39, 0.29) is 31.9 Å². The number of hydrogen-bond donors (Lipinski definition) is 2. The maximum absolute atomic E-state index is 12.3. The largest absolute Gasteiger partial charge is 0.479 e. The summed E-state index contributed by atoms with van der Waals surface area (Å²) in [7, 11) is 0. The number of oxazole rings is 1. The molecule has 0 aliphatic carbocycles. The van der Waals surface area contributed by atoms with E-state index in [0.717, 1.165) is 0 Å². The fraction of sp³-hybridized carbons (Fsp3) is 0.600. The number of carbonyl (C=O) groups is 1. The molecule has 1 aliphatic rings. The van der Waals surface area contributed by atoms with E-state index in [1.54, 1.807) is 0 Å². The van der Waals surface area contributed by atoms with Crippen LogP contribution in [-0.4, -0.2) is 39.9 Å². The first-order valence-corrected chi connectivity index (χ1v) is 5.46. The molecule has 0 saturated carbocycles. The van der Waals surface area contributed by atoms with E-state index in [9.17, 15) is 23.1 Å². The van der Waals surface area contributed by atoms with Crippen molar-refractivity contribution in [3.05, 3.63) is 12.0 Å². The molecule has 9 heteroatoms. The first-order chi connectivity index (χ1) is 8.72. The monoisotopic (exact) mass is 280 g/mol. The molecular formula is C10H11F3N2O4. The summed E-state index contributed by atoms with van der Waals surface area (Å²) in [5.74, 6) is -1.34. The van der Waals surface area contributed by atoms with Crippen LogP contribution in [0, 0.1) is 0 Å². The molecule has 2 N–H and O–H groups in total. The molecular weight excluding hydrogens is 269 g/mol. The van der Waals surface area contributed by atoms with Crippen LogP contribution in [0.3, 0.4) is 0 Å². The van der Waals surface area contributed by atoms with Crippen molar-refractivity contribution >= 4 is 12.0 Å². The van der Waals surface area contributed by atoms with Crippen LogP contribution >= 0.6 is 0 Å². The van der Waals surface area contributed by atoms with E-state index in [0.29, 0.717) is 6.26 Å². The molecule has 2 rings (SSSR count). The number of halogens is 3. The zero-order chi connectivity index (χ0) is 14.3. The average molecular weight is 280 g/mol. The molecule has 6 nitrogen and oxygen atoms in total. The van der Waals surface area contributed by atoms with Crippen LogP contribution < -0.4 is 4.90 Å². The minimum Gasteiger partial charge on any atom is -0.479 e. The van der Waals surface area contributed by atoms with E-state index in [1.807, 2.05) is 0 Å². The minimum absolute atomic E-state index is 0.0562. The summed E-state index contributed by atoms with van der Waals surface area (Å²) in [4.78, 5) is 15.5. The molecule has 1 saturated heterocycles. The van der Waals surface area contributed by atoms with Crippen LogP contribution in [0.2, 0.25) is 0 Å². The quantitative estimate of drug-likeness (QED) is 0.844. The molecule has 1 aromatic rings. The van der Waals surface area contributed by atoms with Gasteiger partial charge in [0.25, 0.3) is 6.01 Å². The van der Waals surface area contributed by atoms with Gasteiger partial charge in [0.15, 0.2) is 11.3 Å². The number of carboxylic acid groups (broad SMARTS) is 1. The number of hydrogen-bond acceptors (Lipinski definition) is 5. The second-order valence-corrected chi connectivity index (χ2v) is 4.34. The standard InChI is InChI=1S/C10H11F3N2O4/c11-10(12,13)6-5-19-8(14-6)15-3-1-9(18,2-4-15)7(16)17/h5,18H,1-4H2,(H,16,17). The first kappa shape index (κ1) is 13.7. The lowest BCUT2D eigenvalue weighted by Crippen LogP contribution is -2.49. The van der Waals surface area contributed by atoms with Gasteiger partial charge in [-0.15, -0.1) is 0 Å². The number of anilines is 1. The minimum atomic E-state index is -4.58. The van der Waals surface area contributed by atoms with E-state index in [1.165, 1.54) is 4.90 Å². The fourth-order valence-electron chi connectivity index (χ4n) is 1.82. The molecule has 0 amide bonds. The topological polar surface area (TPSA) is 86.8 Å². The summed E-state index contributed by atoms with van der Waals surface area (Å²) in [5.41, 5.74) is -2.97. The lowest BCUT2D eigenvalue weighted by Gasteiger charge is -2.34. The van der Waals surface area contributed by atoms with Gasteiger partial charge in [0.05, 0.1) is 0 Å². The number of aliphatic hydroxyl groups is 1. The summed E-state index contributed by atoms with van der Waals surface area (Å²) in [6.07, 6.45) is -4.29. The zero-order valence-electron chi connectivity index (χ0n) is 9.65. The Morgan fingerprint density at radius 3 is 2.42 bits per heavy atom. The fourth-order valence-corrected chi connectivity index (χ4v) is 1.82. The van der Waals surface area contributed by atoms with Crippen LogP contribution in [-0.2, 0) is 11.0 Å². The molecule has 0 radical (unpaired) electrons. The number of aliphatic carboxylic acids is 1. The number of rotatable bonds is 2. The second-order valence-electron chi connectivity index (χ2n) is 4.34. The van der Waals surface area contributed by atoms with E-state index in [2.05, 4.69) is 4.98 Å². The van der Waals surface area contributed by atoms with Gasteiger partial charge < -0.3 is 19.5 Å². The normalized spacial score (nSPS) is 19.5. The van der Waals surface area contributed by atoms with Crippen molar-refractivity contribution in [2.45, 2.75) is 24.6 Å². The lowest BCUT2D eigenvalue weighted by atomic mass is 9.92. The highest BCUT2D eigenvalue weighted by Crippen LogP contribution is 2.32. The van der Waals surface area contributed by atoms with Crippen molar-refractivity contribution in [1.82, 2.24) is 4.98 Å². The Labute approximate surface area is 105 Å². The summed E-state index contributed by atoms with van der Waals surface area (Å²) in [5, 5.41) is 18.5. The maximum Gasteiger partial charge on any atom is 0.436 e. The molecule has 1 aromatic heterocycles. The molecule has 106 valence electrons. The molecule has 0 atom stereocenters. The molecule has 1 aliphatic heterocycles. The van der Waals surface area contributed by atoms with Crippen molar-refractivity contribution < 1.29 is 32.6 Å². The third kappa shape index (κ3) is 2.65. The van der Waals surface area contributed by atoms with Gasteiger partial charge >= 0.3 is 12.1 Å². The number of nitrogens with zero attached hydrogens (tertiary/aromatic N) is 2. The van der Waals surface area contributed by atoms with Gasteiger partial charge in [-0.05, 0) is 0 Å². The summed E-state index contributed by atoms with van der Waals surface area (Å²) < 4.78 is 41.7. The molecule has 0 unspecified atom stereocenters. The van der Waals surface area contributed by atoms with Crippen molar-refractivity contribution in [2.75, 3.05) is 18.0 Å². The Morgan fingerprint density at radius 2 is 2.00 bits per heavy atom. The third-order valence-corrected chi connectivity index (χ3v) is 3.04. The predicted molar refractivity (Wildman–Crippen MR) is 55.5 cm³/mol. The van der Waals surface area contributed by atoms with Gasteiger partial charge in [0, 0.05) is 25.9 Å². The predicted octanol–water partition coefficient (Wildman–Crippen LogP) is 1.11. The Hall–Kier alpha value is -1.77. The maximum atomic E-state index is 12.3. The SMILES string of the molecule is O=C(O)C1(O)CCN(c2nc(C(F)(F)F)co2)CC1. The van der Waals surface area contributed by atoms with Gasteiger partial charge in [-0.2, -0.15) is 18.2 Å². The van der Waals surface area contributed by atoms with Gasteiger partial charge in [0.1, 0.15) is 6.26 Å². The second kappa shape index (κ2) is 4.41. The molecule has 1 fully saturated rings. The van der Waals surface area contributed by atoms with Crippen molar-refractivity contribution in [2.24, 2.45) is 0 Å². The Morgan fingerprint density at radius 1 is 1.42 bits per heavy atom. The van der Waals surface area contributed by atoms with Gasteiger partial charge in [-0.1, -0.05) is 0 Å². The van der Waals surface area contributed by atoms with Crippen LogP contribution in [0.4, 0.5) is 19.2 Å². The molecule has 19 heavy (non-hydrogen) atoms. The molecule has 0 bridgehead atoms. The van der Waals surface area contributed by atoms with Crippen LogP contribution in [0.1, 0.15) is 18.5 Å². The lowest BCUT2D eigenvalue weighted by molar-refractivity contribution is -0.160. The van der Waals surface area contributed by atoms with E-state index in [4.69, 9.17) is 9.52 Å². The third-order valence-electron chi connectivity index (χ3n) is 3.04. The van der Waals surface area contributed by atoms with Crippen molar-refractivity contribution in [1.29, 1.82) is 0 Å². The molecule has 2 heterocycles. The van der Waals surface area contributed by atoms with E-state index >= 15 is 0 Å². The average Bonchev–Trinajstić information content (AvgIpc) is 2.79. The van der Waals surface area contributed by atoms with Crippen molar-refractivity contribution in [3.63, 3.8) is 0 Å². The summed E-state index contributed by atoms with van der Waals surface area (Å²) in [6.45, 7) is 0.112. The highest BCUT2D eigenvalue weighted by Gasteiger charge is 2.41. The number of carboxylic acids is 1. The van der Waals surface area contributed by atoms with E-state index < -0.39 is 23.4 Å².